The van der Waals surface area contributed by atoms with Gasteiger partial charge in [0.05, 0.1) is 7.11 Å². The van der Waals surface area contributed by atoms with Crippen LogP contribution in [-0.2, 0) is 11.3 Å². The molecule has 24 heavy (non-hydrogen) atoms. The molecule has 134 valence electrons. The number of hydrogen-bond acceptors (Lipinski definition) is 2. The minimum absolute atomic E-state index is 0.103. The van der Waals surface area contributed by atoms with E-state index in [2.05, 4.69) is 0 Å². The summed E-state index contributed by atoms with van der Waals surface area (Å²) in [5.41, 5.74) is 1.22. The molecule has 0 saturated carbocycles. The second-order valence-corrected chi connectivity index (χ2v) is 6.09. The molecule has 1 aliphatic rings. The van der Waals surface area contributed by atoms with E-state index >= 15 is 0 Å². The van der Waals surface area contributed by atoms with Crippen molar-refractivity contribution in [1.29, 1.82) is 0 Å². The summed E-state index contributed by atoms with van der Waals surface area (Å²) < 4.78 is 41.3. The molecule has 3 N–H and O–H groups in total. The Labute approximate surface area is 139 Å². The van der Waals surface area contributed by atoms with Gasteiger partial charge in [-0.3, -0.25) is 4.79 Å². The maximum atomic E-state index is 12.1. The van der Waals surface area contributed by atoms with E-state index < -0.39 is 18.6 Å². The van der Waals surface area contributed by atoms with Gasteiger partial charge >= 0.3 is 6.18 Å². The predicted octanol–water partition coefficient (Wildman–Crippen LogP) is -1.34. The topological polar surface area (TPSA) is 47.2 Å². The average Bonchev–Trinajstić information content (AvgIpc) is 2.55. The summed E-state index contributed by atoms with van der Waals surface area (Å²) in [4.78, 5) is 14.0. The van der Waals surface area contributed by atoms with Gasteiger partial charge in [0, 0.05) is 5.56 Å². The number of hydrogen-bond donors (Lipinski definition) is 3. The molecular formula is C16H24F3N3O2+2. The van der Waals surface area contributed by atoms with Crippen LogP contribution in [0.4, 0.5) is 13.2 Å². The van der Waals surface area contributed by atoms with E-state index in [1.165, 1.54) is 10.5 Å². The van der Waals surface area contributed by atoms with Gasteiger partial charge in [-0.25, -0.2) is 0 Å². The maximum Gasteiger partial charge on any atom is 0.405 e. The second-order valence-electron chi connectivity index (χ2n) is 6.09. The Morgan fingerprint density at radius 1 is 1.12 bits per heavy atom. The van der Waals surface area contributed by atoms with Crippen molar-refractivity contribution in [2.75, 3.05) is 46.4 Å². The Hall–Kier alpha value is -1.80. The Kier molecular flexibility index (Phi) is 6.44. The molecule has 1 amide bonds. The van der Waals surface area contributed by atoms with E-state index in [4.69, 9.17) is 4.74 Å². The third kappa shape index (κ3) is 6.37. The van der Waals surface area contributed by atoms with E-state index in [0.717, 1.165) is 43.4 Å². The maximum absolute atomic E-state index is 12.1. The minimum Gasteiger partial charge on any atom is -0.497 e. The number of nitrogens with one attached hydrogen (secondary N) is 3. The van der Waals surface area contributed by atoms with Crippen molar-refractivity contribution in [3.05, 3.63) is 29.8 Å². The number of quaternary nitrogens is 2. The second kappa shape index (κ2) is 8.34. The highest BCUT2D eigenvalue weighted by Crippen LogP contribution is 2.12. The number of rotatable bonds is 6. The van der Waals surface area contributed by atoms with E-state index in [1.54, 1.807) is 7.11 Å². The van der Waals surface area contributed by atoms with Gasteiger partial charge in [-0.1, -0.05) is 0 Å². The predicted molar refractivity (Wildman–Crippen MR) is 82.0 cm³/mol. The summed E-state index contributed by atoms with van der Waals surface area (Å²) in [5.74, 6) is 0.286. The fourth-order valence-corrected chi connectivity index (χ4v) is 2.83. The van der Waals surface area contributed by atoms with Gasteiger partial charge in [-0.15, -0.1) is 0 Å². The SMILES string of the molecule is COc1ccc(C[NH+]2CC[NH+](CC(=O)NCC(F)(F)F)CC2)cc1. The lowest BCUT2D eigenvalue weighted by Gasteiger charge is -2.29. The van der Waals surface area contributed by atoms with Crippen LogP contribution in [0.1, 0.15) is 5.56 Å². The van der Waals surface area contributed by atoms with Gasteiger partial charge in [0.15, 0.2) is 6.54 Å². The molecule has 0 radical (unpaired) electrons. The van der Waals surface area contributed by atoms with Crippen molar-refractivity contribution in [3.8, 4) is 5.75 Å². The van der Waals surface area contributed by atoms with Gasteiger partial charge in [0.25, 0.3) is 5.91 Å². The zero-order valence-corrected chi connectivity index (χ0v) is 13.7. The van der Waals surface area contributed by atoms with E-state index in [1.807, 2.05) is 29.6 Å². The third-order valence-electron chi connectivity index (χ3n) is 4.17. The summed E-state index contributed by atoms with van der Waals surface area (Å²) in [7, 11) is 1.63. The molecule has 5 nitrogen and oxygen atoms in total. The Morgan fingerprint density at radius 3 is 2.25 bits per heavy atom. The quantitative estimate of drug-likeness (QED) is 0.597. The van der Waals surface area contributed by atoms with Crippen LogP contribution in [0.2, 0.25) is 0 Å². The highest BCUT2D eigenvalue weighted by Gasteiger charge is 2.29. The molecule has 0 unspecified atom stereocenters. The van der Waals surface area contributed by atoms with Crippen LogP contribution in [-0.4, -0.2) is 58.5 Å². The third-order valence-corrected chi connectivity index (χ3v) is 4.17. The zero-order chi connectivity index (χ0) is 17.6. The molecule has 0 aromatic heterocycles. The lowest BCUT2D eigenvalue weighted by molar-refractivity contribution is -1.02. The molecule has 1 aromatic rings. The summed E-state index contributed by atoms with van der Waals surface area (Å²) in [6, 6.07) is 7.94. The van der Waals surface area contributed by atoms with Crippen LogP contribution < -0.4 is 19.9 Å². The highest BCUT2D eigenvalue weighted by atomic mass is 19.4. The number of alkyl halides is 3. The molecule has 0 spiro atoms. The van der Waals surface area contributed by atoms with Gasteiger partial charge in [-0.05, 0) is 24.3 Å². The van der Waals surface area contributed by atoms with Crippen molar-refractivity contribution in [2.45, 2.75) is 12.7 Å². The fraction of sp³-hybridized carbons (Fsp3) is 0.562. The zero-order valence-electron chi connectivity index (χ0n) is 13.7. The summed E-state index contributed by atoms with van der Waals surface area (Å²) in [6.07, 6.45) is -4.35. The normalized spacial score (nSPS) is 21.3. The van der Waals surface area contributed by atoms with Crippen LogP contribution in [0.15, 0.2) is 24.3 Å². The molecule has 2 rings (SSSR count). The first-order valence-corrected chi connectivity index (χ1v) is 7.99. The Bertz CT molecular complexity index is 526. The Morgan fingerprint density at radius 2 is 1.71 bits per heavy atom. The summed E-state index contributed by atoms with van der Waals surface area (Å²) in [6.45, 7) is 3.11. The van der Waals surface area contributed by atoms with Crippen molar-refractivity contribution in [2.24, 2.45) is 0 Å². The van der Waals surface area contributed by atoms with Crippen molar-refractivity contribution < 1.29 is 32.5 Å². The smallest absolute Gasteiger partial charge is 0.405 e. The van der Waals surface area contributed by atoms with E-state index in [-0.39, 0.29) is 6.54 Å². The number of piperazine rings is 1. The number of amides is 1. The van der Waals surface area contributed by atoms with Crippen LogP contribution in [0, 0.1) is 0 Å². The highest BCUT2D eigenvalue weighted by molar-refractivity contribution is 5.76. The van der Waals surface area contributed by atoms with Crippen LogP contribution in [0.25, 0.3) is 0 Å². The number of methoxy groups -OCH3 is 1. The van der Waals surface area contributed by atoms with Gasteiger partial charge in [0.2, 0.25) is 0 Å². The number of carbonyl (C=O) groups is 1. The molecule has 0 bridgehead atoms. The van der Waals surface area contributed by atoms with Crippen molar-refractivity contribution in [1.82, 2.24) is 5.32 Å². The van der Waals surface area contributed by atoms with Crippen LogP contribution in [0.3, 0.4) is 0 Å². The molecule has 1 aromatic carbocycles. The van der Waals surface area contributed by atoms with Gasteiger partial charge < -0.3 is 19.9 Å². The first-order chi connectivity index (χ1) is 11.4. The summed E-state index contributed by atoms with van der Waals surface area (Å²) in [5, 5.41) is 1.93. The monoisotopic (exact) mass is 347 g/mol. The lowest BCUT2D eigenvalue weighted by Crippen LogP contribution is -3.28. The van der Waals surface area contributed by atoms with Crippen molar-refractivity contribution in [3.63, 3.8) is 0 Å². The van der Waals surface area contributed by atoms with Crippen molar-refractivity contribution >= 4 is 5.91 Å². The molecule has 1 heterocycles. The van der Waals surface area contributed by atoms with Gasteiger partial charge in [0.1, 0.15) is 45.0 Å². The molecular weight excluding hydrogens is 323 g/mol. The number of ether oxygens (including phenoxy) is 1. The number of benzene rings is 1. The summed E-state index contributed by atoms with van der Waals surface area (Å²) >= 11 is 0. The molecule has 1 fully saturated rings. The standard InChI is InChI=1S/C16H22F3N3O2/c1-24-14-4-2-13(3-5-14)10-21-6-8-22(9-7-21)11-15(23)20-12-16(17,18)19/h2-5H,6-12H2,1H3,(H,20,23)/p+2. The molecule has 1 saturated heterocycles. The fourth-order valence-electron chi connectivity index (χ4n) is 2.83. The number of carbonyl (C=O) groups excluding carboxylic acids is 1. The molecule has 1 aliphatic heterocycles. The molecule has 0 aliphatic carbocycles. The molecule has 8 heteroatoms. The van der Waals surface area contributed by atoms with Crippen LogP contribution in [0.5, 0.6) is 5.75 Å². The lowest BCUT2D eigenvalue weighted by atomic mass is 10.2. The minimum atomic E-state index is -4.35. The first-order valence-electron chi connectivity index (χ1n) is 7.99. The van der Waals surface area contributed by atoms with Gasteiger partial charge in [-0.2, -0.15) is 13.2 Å². The Balaban J connectivity index is 1.70. The van der Waals surface area contributed by atoms with E-state index in [9.17, 15) is 18.0 Å². The largest absolute Gasteiger partial charge is 0.497 e. The first kappa shape index (κ1) is 18.5. The molecule has 0 atom stereocenters. The van der Waals surface area contributed by atoms with E-state index in [0.29, 0.717) is 0 Å². The van der Waals surface area contributed by atoms with Crippen LogP contribution >= 0.6 is 0 Å². The number of halogens is 3. The average molecular weight is 347 g/mol.